The van der Waals surface area contributed by atoms with Gasteiger partial charge >= 0.3 is 6.09 Å². The zero-order valence-corrected chi connectivity index (χ0v) is 15.2. The number of hydrogen-bond acceptors (Lipinski definition) is 5. The van der Waals surface area contributed by atoms with Crippen LogP contribution in [0.4, 0.5) is 4.79 Å². The molecule has 1 spiro atoms. The normalized spacial score (nSPS) is 27.3. The molecule has 0 aliphatic carbocycles. The lowest BCUT2D eigenvalue weighted by molar-refractivity contribution is -0.134. The molecular formula is C17H30N4O3. The number of hydrogen-bond donors (Lipinski definition) is 0. The summed E-state index contributed by atoms with van der Waals surface area (Å²) in [6.07, 6.45) is 3.02. The third kappa shape index (κ3) is 3.67. The average Bonchev–Trinajstić information content (AvgIpc) is 3.09. The first-order valence-electron chi connectivity index (χ1n) is 8.99. The number of rotatable bonds is 4. The lowest BCUT2D eigenvalue weighted by Gasteiger charge is -2.37. The first kappa shape index (κ1) is 17.5. The third-order valence-corrected chi connectivity index (χ3v) is 5.84. The molecule has 0 saturated carbocycles. The van der Waals surface area contributed by atoms with Crippen LogP contribution >= 0.6 is 0 Å². The molecule has 0 N–H and O–H groups in total. The molecule has 3 saturated heterocycles. The fourth-order valence-electron chi connectivity index (χ4n) is 4.10. The Kier molecular flexibility index (Phi) is 5.01. The maximum atomic E-state index is 12.5. The van der Waals surface area contributed by atoms with Crippen molar-refractivity contribution < 1.29 is 14.3 Å². The van der Waals surface area contributed by atoms with Gasteiger partial charge in [0.1, 0.15) is 5.60 Å². The van der Waals surface area contributed by atoms with Crippen LogP contribution in [0, 0.1) is 0 Å². The average molecular weight is 338 g/mol. The lowest BCUT2D eigenvalue weighted by Crippen LogP contribution is -2.49. The Morgan fingerprint density at radius 2 is 2.00 bits per heavy atom. The van der Waals surface area contributed by atoms with Gasteiger partial charge in [-0.2, -0.15) is 0 Å². The van der Waals surface area contributed by atoms with Crippen LogP contribution in [0.2, 0.25) is 0 Å². The molecule has 3 aliphatic heterocycles. The molecule has 1 atom stereocenters. The van der Waals surface area contributed by atoms with Gasteiger partial charge in [0, 0.05) is 58.5 Å². The molecule has 0 aromatic heterocycles. The van der Waals surface area contributed by atoms with Gasteiger partial charge in [0.15, 0.2) is 0 Å². The van der Waals surface area contributed by atoms with Gasteiger partial charge in [-0.15, -0.1) is 0 Å². The summed E-state index contributed by atoms with van der Waals surface area (Å²) in [6.45, 7) is 5.08. The highest BCUT2D eigenvalue weighted by Crippen LogP contribution is 2.32. The summed E-state index contributed by atoms with van der Waals surface area (Å²) in [7, 11) is 6.04. The van der Waals surface area contributed by atoms with Crippen LogP contribution in [0.1, 0.15) is 25.7 Å². The fraction of sp³-hybridized carbons (Fsp3) is 0.882. The van der Waals surface area contributed by atoms with Crippen LogP contribution in [0.15, 0.2) is 0 Å². The molecule has 24 heavy (non-hydrogen) atoms. The molecule has 136 valence electrons. The van der Waals surface area contributed by atoms with Crippen LogP contribution in [0.25, 0.3) is 0 Å². The standard InChI is InChI=1S/C17H30N4O3/c1-18-8-4-14(12-18)19(2)9-5-15(22)21-10-6-17(7-11-21)13-20(3)16(23)24-17/h14H,4-13H2,1-3H3/t14-/m1/s1. The number of amides is 2. The van der Waals surface area contributed by atoms with Gasteiger partial charge in [0.2, 0.25) is 5.91 Å². The first-order chi connectivity index (χ1) is 11.4. The van der Waals surface area contributed by atoms with Crippen LogP contribution in [-0.4, -0.2) is 104 Å². The van der Waals surface area contributed by atoms with Crippen molar-refractivity contribution in [3.8, 4) is 0 Å². The molecule has 3 aliphatic rings. The minimum atomic E-state index is -0.367. The van der Waals surface area contributed by atoms with E-state index in [4.69, 9.17) is 4.74 Å². The lowest BCUT2D eigenvalue weighted by atomic mass is 9.91. The Labute approximate surface area is 144 Å². The van der Waals surface area contributed by atoms with Crippen LogP contribution in [0.3, 0.4) is 0 Å². The van der Waals surface area contributed by atoms with Gasteiger partial charge in [0.25, 0.3) is 0 Å². The predicted molar refractivity (Wildman–Crippen MR) is 90.8 cm³/mol. The molecule has 2 amide bonds. The molecule has 0 radical (unpaired) electrons. The number of carbonyl (C=O) groups excluding carboxylic acids is 2. The molecule has 7 heteroatoms. The van der Waals surface area contributed by atoms with Gasteiger partial charge in [-0.1, -0.05) is 0 Å². The third-order valence-electron chi connectivity index (χ3n) is 5.84. The van der Waals surface area contributed by atoms with E-state index < -0.39 is 0 Å². The molecule has 7 nitrogen and oxygen atoms in total. The van der Waals surface area contributed by atoms with Crippen molar-refractivity contribution in [1.82, 2.24) is 19.6 Å². The van der Waals surface area contributed by atoms with Gasteiger partial charge in [-0.3, -0.25) is 4.79 Å². The SMILES string of the molecule is CN1CC[C@@H](N(C)CCC(=O)N2CCC3(CC2)CN(C)C(=O)O3)C1. The van der Waals surface area contributed by atoms with E-state index in [-0.39, 0.29) is 17.6 Å². The van der Waals surface area contributed by atoms with Crippen molar-refractivity contribution in [1.29, 1.82) is 0 Å². The summed E-state index contributed by atoms with van der Waals surface area (Å²) in [4.78, 5) is 32.3. The van der Waals surface area contributed by atoms with E-state index in [1.54, 1.807) is 11.9 Å². The van der Waals surface area contributed by atoms with E-state index >= 15 is 0 Å². The molecular weight excluding hydrogens is 308 g/mol. The highest BCUT2D eigenvalue weighted by atomic mass is 16.6. The van der Waals surface area contributed by atoms with E-state index in [2.05, 4.69) is 23.9 Å². The topological polar surface area (TPSA) is 56.3 Å². The zero-order chi connectivity index (χ0) is 17.3. The van der Waals surface area contributed by atoms with E-state index in [9.17, 15) is 9.59 Å². The van der Waals surface area contributed by atoms with Crippen molar-refractivity contribution in [3.63, 3.8) is 0 Å². The number of carbonyl (C=O) groups is 2. The van der Waals surface area contributed by atoms with Crippen molar-refractivity contribution >= 4 is 12.0 Å². The zero-order valence-electron chi connectivity index (χ0n) is 15.2. The van der Waals surface area contributed by atoms with E-state index in [0.29, 0.717) is 32.1 Å². The minimum Gasteiger partial charge on any atom is -0.441 e. The largest absolute Gasteiger partial charge is 0.441 e. The van der Waals surface area contributed by atoms with Gasteiger partial charge in [-0.05, 0) is 27.1 Å². The molecule has 3 heterocycles. The van der Waals surface area contributed by atoms with Crippen molar-refractivity contribution in [3.05, 3.63) is 0 Å². The summed E-state index contributed by atoms with van der Waals surface area (Å²) in [5.74, 6) is 0.223. The smallest absolute Gasteiger partial charge is 0.410 e. The molecule has 0 unspecified atom stereocenters. The number of nitrogens with zero attached hydrogens (tertiary/aromatic N) is 4. The van der Waals surface area contributed by atoms with Crippen molar-refractivity contribution in [2.45, 2.75) is 37.3 Å². The van der Waals surface area contributed by atoms with Gasteiger partial charge in [-0.25, -0.2) is 4.79 Å². The molecule has 3 rings (SSSR count). The van der Waals surface area contributed by atoms with E-state index in [0.717, 1.165) is 32.5 Å². The van der Waals surface area contributed by atoms with Crippen molar-refractivity contribution in [2.75, 3.05) is 60.4 Å². The quantitative estimate of drug-likeness (QED) is 0.745. The van der Waals surface area contributed by atoms with Crippen LogP contribution in [-0.2, 0) is 9.53 Å². The predicted octanol–water partition coefficient (Wildman–Crippen LogP) is 0.456. The number of likely N-dealkylation sites (tertiary alicyclic amines) is 2. The Bertz CT molecular complexity index is 490. The summed E-state index contributed by atoms with van der Waals surface area (Å²) in [5.41, 5.74) is -0.367. The monoisotopic (exact) mass is 338 g/mol. The first-order valence-corrected chi connectivity index (χ1v) is 8.99. The van der Waals surface area contributed by atoms with Gasteiger partial charge < -0.3 is 24.3 Å². The fourth-order valence-corrected chi connectivity index (χ4v) is 4.10. The summed E-state index contributed by atoms with van der Waals surface area (Å²) in [5, 5.41) is 0. The molecule has 3 fully saturated rings. The second kappa shape index (κ2) is 6.88. The molecule has 0 aromatic carbocycles. The number of ether oxygens (including phenoxy) is 1. The maximum Gasteiger partial charge on any atom is 0.410 e. The minimum absolute atomic E-state index is 0.223. The van der Waals surface area contributed by atoms with Gasteiger partial charge in [0.05, 0.1) is 6.54 Å². The highest BCUT2D eigenvalue weighted by Gasteiger charge is 2.46. The molecule has 0 bridgehead atoms. The highest BCUT2D eigenvalue weighted by molar-refractivity contribution is 5.76. The Balaban J connectivity index is 1.42. The summed E-state index contributed by atoms with van der Waals surface area (Å²) in [6, 6.07) is 0.570. The van der Waals surface area contributed by atoms with Crippen LogP contribution < -0.4 is 0 Å². The second-order valence-corrected chi connectivity index (χ2v) is 7.72. The molecule has 0 aromatic rings. The number of piperidine rings is 1. The van der Waals surface area contributed by atoms with E-state index in [1.165, 1.54) is 6.42 Å². The summed E-state index contributed by atoms with van der Waals surface area (Å²) < 4.78 is 5.54. The second-order valence-electron chi connectivity index (χ2n) is 7.72. The Morgan fingerprint density at radius 3 is 2.54 bits per heavy atom. The van der Waals surface area contributed by atoms with Crippen LogP contribution in [0.5, 0.6) is 0 Å². The maximum absolute atomic E-state index is 12.5. The Morgan fingerprint density at radius 1 is 1.29 bits per heavy atom. The van der Waals surface area contributed by atoms with Crippen molar-refractivity contribution in [2.24, 2.45) is 0 Å². The van der Waals surface area contributed by atoms with E-state index in [1.807, 2.05) is 4.90 Å². The number of likely N-dealkylation sites (N-methyl/N-ethyl adjacent to an activating group) is 3. The Hall–Kier alpha value is -1.34. The summed E-state index contributed by atoms with van der Waals surface area (Å²) >= 11 is 0.